The molecule has 0 aromatic carbocycles. The number of nitrogens with one attached hydrogen (secondary N) is 1. The van der Waals surface area contributed by atoms with Crippen molar-refractivity contribution in [2.75, 3.05) is 5.32 Å². The maximum atomic E-state index is 10.8. The molecule has 0 saturated heterocycles. The Morgan fingerprint density at radius 1 is 1.36 bits per heavy atom. The second-order valence-corrected chi connectivity index (χ2v) is 6.12. The Hall–Kier alpha value is -2.55. The third-order valence-electron chi connectivity index (χ3n) is 3.24. The van der Waals surface area contributed by atoms with Crippen LogP contribution in [0.1, 0.15) is 25.7 Å². The molecule has 1 N–H and O–H groups in total. The van der Waals surface area contributed by atoms with E-state index in [1.54, 1.807) is 0 Å². The summed E-state index contributed by atoms with van der Waals surface area (Å²) in [7, 11) is 0. The third-order valence-corrected chi connectivity index (χ3v) is 4.12. The lowest BCUT2D eigenvalue weighted by Crippen LogP contribution is -2.19. The third kappa shape index (κ3) is 2.62. The largest absolute Gasteiger partial charge is 0.351 e. The fourth-order valence-corrected chi connectivity index (χ4v) is 2.82. The first-order valence-corrected chi connectivity index (χ1v) is 7.54. The van der Waals surface area contributed by atoms with Crippen molar-refractivity contribution < 1.29 is 4.92 Å². The smallest absolute Gasteiger partial charge is 0.345 e. The van der Waals surface area contributed by atoms with Crippen molar-refractivity contribution in [3.05, 3.63) is 46.5 Å². The highest BCUT2D eigenvalue weighted by Gasteiger charge is 2.23. The lowest BCUT2D eigenvalue weighted by atomic mass is 10.0. The molecule has 0 amide bonds. The zero-order valence-electron chi connectivity index (χ0n) is 12.0. The molecule has 0 aliphatic heterocycles. The fourth-order valence-electron chi connectivity index (χ4n) is 2.15. The van der Waals surface area contributed by atoms with E-state index in [1.165, 1.54) is 6.20 Å². The molecular weight excluding hydrogens is 304 g/mol. The van der Waals surface area contributed by atoms with Crippen molar-refractivity contribution in [3.63, 3.8) is 0 Å². The van der Waals surface area contributed by atoms with Crippen LogP contribution in [0.3, 0.4) is 0 Å². The summed E-state index contributed by atoms with van der Waals surface area (Å²) >= 11 is 1.01. The van der Waals surface area contributed by atoms with Gasteiger partial charge in [0.05, 0.1) is 11.0 Å². The predicted molar refractivity (Wildman–Crippen MR) is 83.0 cm³/mol. The van der Waals surface area contributed by atoms with E-state index in [0.29, 0.717) is 5.13 Å². The number of hydrogen-bond acceptors (Lipinski definition) is 7. The summed E-state index contributed by atoms with van der Waals surface area (Å²) in [5, 5.41) is 22.9. The average Bonchev–Trinajstić information content (AvgIpc) is 3.11. The van der Waals surface area contributed by atoms with E-state index < -0.39 is 4.92 Å². The van der Waals surface area contributed by atoms with Crippen LogP contribution in [0.4, 0.5) is 10.1 Å². The zero-order chi connectivity index (χ0) is 15.7. The van der Waals surface area contributed by atoms with Crippen LogP contribution >= 0.6 is 11.3 Å². The molecule has 0 fully saturated rings. The Balaban J connectivity index is 1.94. The number of thiazole rings is 1. The summed E-state index contributed by atoms with van der Waals surface area (Å²) < 4.78 is 1.90. The first kappa shape index (κ1) is 14.4. The summed E-state index contributed by atoms with van der Waals surface area (Å²) in [5.41, 5.74) is 0.759. The molecule has 22 heavy (non-hydrogen) atoms. The van der Waals surface area contributed by atoms with Crippen molar-refractivity contribution in [3.8, 4) is 0 Å². The summed E-state index contributed by atoms with van der Waals surface area (Å²) in [4.78, 5) is 14.4. The monoisotopic (exact) mass is 318 g/mol. The number of fused-ring (bicyclic) bond motifs is 1. The van der Waals surface area contributed by atoms with E-state index in [2.05, 4.69) is 20.5 Å². The first-order chi connectivity index (χ1) is 10.6. The van der Waals surface area contributed by atoms with Gasteiger partial charge >= 0.3 is 5.00 Å². The molecule has 3 aromatic heterocycles. The minimum Gasteiger partial charge on any atom is -0.351 e. The number of aromatic nitrogens is 4. The summed E-state index contributed by atoms with van der Waals surface area (Å²) in [6.07, 6.45) is 3.15. The van der Waals surface area contributed by atoms with Gasteiger partial charge in [-0.2, -0.15) is 0 Å². The molecule has 0 unspecified atom stereocenters. The number of pyridine rings is 1. The molecule has 1 atom stereocenters. The number of anilines is 1. The van der Waals surface area contributed by atoms with Gasteiger partial charge in [-0.3, -0.25) is 14.5 Å². The van der Waals surface area contributed by atoms with Crippen LogP contribution < -0.4 is 5.32 Å². The molecule has 3 aromatic rings. The van der Waals surface area contributed by atoms with Crippen LogP contribution in [0.5, 0.6) is 0 Å². The Morgan fingerprint density at radius 2 is 2.18 bits per heavy atom. The molecule has 0 aliphatic carbocycles. The number of rotatable bonds is 5. The quantitative estimate of drug-likeness (QED) is 0.573. The average molecular weight is 318 g/mol. The normalized spacial score (nSPS) is 12.7. The van der Waals surface area contributed by atoms with Crippen molar-refractivity contribution in [2.24, 2.45) is 5.92 Å². The Morgan fingerprint density at radius 3 is 2.86 bits per heavy atom. The minimum atomic E-state index is -0.445. The summed E-state index contributed by atoms with van der Waals surface area (Å²) in [5.74, 6) is 0.957. The van der Waals surface area contributed by atoms with Gasteiger partial charge in [-0.1, -0.05) is 19.9 Å². The van der Waals surface area contributed by atoms with Crippen molar-refractivity contribution in [2.45, 2.75) is 19.9 Å². The highest BCUT2D eigenvalue weighted by atomic mass is 32.1. The second kappa shape index (κ2) is 5.68. The van der Waals surface area contributed by atoms with Crippen LogP contribution in [-0.4, -0.2) is 24.5 Å². The molecule has 9 heteroatoms. The van der Waals surface area contributed by atoms with Gasteiger partial charge in [-0.15, -0.1) is 10.2 Å². The Bertz CT molecular complexity index is 812. The van der Waals surface area contributed by atoms with Crippen LogP contribution in [0.25, 0.3) is 5.65 Å². The van der Waals surface area contributed by atoms with Gasteiger partial charge in [0.1, 0.15) is 6.20 Å². The lowest BCUT2D eigenvalue weighted by molar-refractivity contribution is -0.380. The fraction of sp³-hybridized carbons (Fsp3) is 0.308. The first-order valence-electron chi connectivity index (χ1n) is 6.72. The standard InChI is InChI=1S/C13H14N6O2S/c1-8(2)11(15-13-14-7-10(22-13)19(20)21)12-17-16-9-5-3-4-6-18(9)12/h3-8,11H,1-2H3,(H,14,15)/t11-/m1/s1. The Labute approximate surface area is 130 Å². The van der Waals surface area contributed by atoms with Crippen molar-refractivity contribution in [1.29, 1.82) is 0 Å². The van der Waals surface area contributed by atoms with Crippen LogP contribution in [0, 0.1) is 16.0 Å². The van der Waals surface area contributed by atoms with E-state index in [4.69, 9.17) is 0 Å². The van der Waals surface area contributed by atoms with E-state index in [0.717, 1.165) is 22.8 Å². The number of nitro groups is 1. The van der Waals surface area contributed by atoms with Gasteiger partial charge in [0.2, 0.25) is 0 Å². The van der Waals surface area contributed by atoms with Crippen molar-refractivity contribution in [1.82, 2.24) is 19.6 Å². The molecule has 0 aliphatic rings. The molecule has 8 nitrogen and oxygen atoms in total. The van der Waals surface area contributed by atoms with E-state index >= 15 is 0 Å². The van der Waals surface area contributed by atoms with Crippen molar-refractivity contribution >= 4 is 27.1 Å². The molecule has 3 rings (SSSR count). The molecule has 0 bridgehead atoms. The van der Waals surface area contributed by atoms with Gasteiger partial charge in [0, 0.05) is 6.20 Å². The number of nitrogens with zero attached hydrogens (tertiary/aromatic N) is 5. The second-order valence-electron chi connectivity index (χ2n) is 5.11. The van der Waals surface area contributed by atoms with Crippen LogP contribution in [-0.2, 0) is 0 Å². The summed E-state index contributed by atoms with van der Waals surface area (Å²) in [6, 6.07) is 5.53. The van der Waals surface area contributed by atoms with Gasteiger partial charge < -0.3 is 5.32 Å². The molecule has 0 spiro atoms. The molecule has 0 radical (unpaired) electrons. The van der Waals surface area contributed by atoms with Gasteiger partial charge in [-0.25, -0.2) is 4.98 Å². The highest BCUT2D eigenvalue weighted by Crippen LogP contribution is 2.31. The van der Waals surface area contributed by atoms with E-state index in [9.17, 15) is 10.1 Å². The lowest BCUT2D eigenvalue weighted by Gasteiger charge is -2.20. The van der Waals surface area contributed by atoms with Crippen LogP contribution in [0.2, 0.25) is 0 Å². The SMILES string of the molecule is CC(C)[C@@H](Nc1ncc([N+](=O)[O-])s1)c1nnc2ccccn12. The topological polar surface area (TPSA) is 98.2 Å². The van der Waals surface area contributed by atoms with Gasteiger partial charge in [-0.05, 0) is 29.4 Å². The predicted octanol–water partition coefficient (Wildman–Crippen LogP) is 2.90. The van der Waals surface area contributed by atoms with E-state index in [1.807, 2.05) is 42.6 Å². The number of hydrogen-bond donors (Lipinski definition) is 1. The minimum absolute atomic E-state index is 0.0103. The molecule has 0 saturated carbocycles. The highest BCUT2D eigenvalue weighted by molar-refractivity contribution is 7.18. The Kier molecular flexibility index (Phi) is 3.72. The van der Waals surface area contributed by atoms with E-state index in [-0.39, 0.29) is 17.0 Å². The molecule has 114 valence electrons. The van der Waals surface area contributed by atoms with Gasteiger partial charge in [0.25, 0.3) is 0 Å². The molecule has 3 heterocycles. The molecular formula is C13H14N6O2S. The van der Waals surface area contributed by atoms with Crippen LogP contribution in [0.15, 0.2) is 30.6 Å². The maximum absolute atomic E-state index is 10.8. The van der Waals surface area contributed by atoms with Gasteiger partial charge in [0.15, 0.2) is 16.6 Å². The summed E-state index contributed by atoms with van der Waals surface area (Å²) in [6.45, 7) is 4.09. The zero-order valence-corrected chi connectivity index (χ0v) is 12.8. The maximum Gasteiger partial charge on any atom is 0.345 e.